The first kappa shape index (κ1) is 18.1. The molecule has 3 N–H and O–H groups in total. The zero-order chi connectivity index (χ0) is 19.3. The minimum Gasteiger partial charge on any atom is -0.345 e. The lowest BCUT2D eigenvalue weighted by atomic mass is 9.97. The van der Waals surface area contributed by atoms with E-state index in [2.05, 4.69) is 40.4 Å². The second kappa shape index (κ2) is 6.73. The summed E-state index contributed by atoms with van der Waals surface area (Å²) >= 11 is 1.44. The Balaban J connectivity index is 1.62. The Labute approximate surface area is 162 Å². The highest BCUT2D eigenvalue weighted by Gasteiger charge is 2.44. The number of fused-ring (bicyclic) bond motifs is 2. The number of carbonyl (C=O) groups excluding carboxylic acids is 2. The Hall–Kier alpha value is -2.25. The molecule has 7 heteroatoms. The van der Waals surface area contributed by atoms with E-state index in [1.807, 2.05) is 38.2 Å². The van der Waals surface area contributed by atoms with Gasteiger partial charge in [0.2, 0.25) is 5.91 Å². The van der Waals surface area contributed by atoms with E-state index in [1.165, 1.54) is 11.8 Å². The molecule has 0 aliphatic carbocycles. The molecule has 1 aromatic heterocycles. The molecule has 2 aliphatic heterocycles. The van der Waals surface area contributed by atoms with Gasteiger partial charge in [-0.15, -0.1) is 11.8 Å². The minimum absolute atomic E-state index is 0.0184. The largest absolute Gasteiger partial charge is 0.345 e. The van der Waals surface area contributed by atoms with Crippen LogP contribution < -0.4 is 16.0 Å². The van der Waals surface area contributed by atoms with Gasteiger partial charge in [0.25, 0.3) is 5.91 Å². The van der Waals surface area contributed by atoms with Crippen molar-refractivity contribution in [2.24, 2.45) is 5.92 Å². The van der Waals surface area contributed by atoms with E-state index in [0.717, 1.165) is 22.2 Å². The number of hydrogen-bond acceptors (Lipinski definition) is 4. The Bertz CT molecular complexity index is 962. The van der Waals surface area contributed by atoms with E-state index in [-0.39, 0.29) is 29.3 Å². The van der Waals surface area contributed by atoms with Gasteiger partial charge in [0, 0.05) is 17.6 Å². The maximum atomic E-state index is 13.0. The first-order chi connectivity index (χ1) is 12.9. The fourth-order valence-electron chi connectivity index (χ4n) is 3.87. The normalized spacial score (nSPS) is 25.1. The SMILES string of the molecule is CC1=C(C(=O)Nc2cccc3c2ccn3C(C)C)SC2NC(C)NC(=O)C12. The van der Waals surface area contributed by atoms with Crippen molar-refractivity contribution in [2.45, 2.75) is 45.3 Å². The number of aromatic nitrogens is 1. The van der Waals surface area contributed by atoms with Crippen LogP contribution in [-0.2, 0) is 9.59 Å². The average Bonchev–Trinajstić information content (AvgIpc) is 3.17. The van der Waals surface area contributed by atoms with E-state index in [9.17, 15) is 9.59 Å². The summed E-state index contributed by atoms with van der Waals surface area (Å²) in [6.07, 6.45) is 1.95. The molecule has 2 aromatic rings. The second-order valence-electron chi connectivity index (χ2n) is 7.43. The quantitative estimate of drug-likeness (QED) is 0.760. The Morgan fingerprint density at radius 3 is 2.81 bits per heavy atom. The zero-order valence-corrected chi connectivity index (χ0v) is 16.7. The van der Waals surface area contributed by atoms with Gasteiger partial charge in [-0.3, -0.25) is 14.9 Å². The number of nitrogens with zero attached hydrogens (tertiary/aromatic N) is 1. The number of amides is 2. The molecular weight excluding hydrogens is 360 g/mol. The molecule has 2 amide bonds. The highest BCUT2D eigenvalue weighted by Crippen LogP contribution is 2.43. The fraction of sp³-hybridized carbons (Fsp3) is 0.400. The van der Waals surface area contributed by atoms with Crippen LogP contribution >= 0.6 is 11.8 Å². The molecule has 4 rings (SSSR count). The summed E-state index contributed by atoms with van der Waals surface area (Å²) in [6, 6.07) is 8.31. The van der Waals surface area contributed by atoms with Crippen molar-refractivity contribution in [3.05, 3.63) is 40.9 Å². The van der Waals surface area contributed by atoms with Gasteiger partial charge in [-0.05, 0) is 51.5 Å². The second-order valence-corrected chi connectivity index (χ2v) is 8.59. The van der Waals surface area contributed by atoms with Crippen molar-refractivity contribution in [1.82, 2.24) is 15.2 Å². The van der Waals surface area contributed by atoms with Crippen molar-refractivity contribution in [2.75, 3.05) is 5.32 Å². The monoisotopic (exact) mass is 384 g/mol. The molecule has 0 spiro atoms. The van der Waals surface area contributed by atoms with Gasteiger partial charge in [-0.1, -0.05) is 6.07 Å². The van der Waals surface area contributed by atoms with Gasteiger partial charge in [-0.2, -0.15) is 0 Å². The summed E-state index contributed by atoms with van der Waals surface area (Å²) in [7, 11) is 0. The molecular formula is C20H24N4O2S. The van der Waals surface area contributed by atoms with Crippen molar-refractivity contribution >= 4 is 40.2 Å². The highest BCUT2D eigenvalue weighted by atomic mass is 32.2. The van der Waals surface area contributed by atoms with Crippen LogP contribution in [0.15, 0.2) is 40.9 Å². The minimum atomic E-state index is -0.301. The van der Waals surface area contributed by atoms with E-state index in [4.69, 9.17) is 0 Å². The standard InChI is InChI=1S/C20H24N4O2S/c1-10(2)24-9-8-13-14(6-5-7-15(13)24)23-19(26)17-11(3)16-18(25)21-12(4)22-20(16)27-17/h5-10,12,16,20,22H,1-4H3,(H,21,25)(H,23,26). The third kappa shape index (κ3) is 3.04. The van der Waals surface area contributed by atoms with Crippen molar-refractivity contribution in [3.63, 3.8) is 0 Å². The number of carbonyl (C=O) groups is 2. The molecule has 0 bridgehead atoms. The Kier molecular flexibility index (Phi) is 4.52. The first-order valence-corrected chi connectivity index (χ1v) is 10.1. The van der Waals surface area contributed by atoms with E-state index < -0.39 is 0 Å². The lowest BCUT2D eigenvalue weighted by Gasteiger charge is -2.31. The van der Waals surface area contributed by atoms with E-state index in [0.29, 0.717) is 10.9 Å². The van der Waals surface area contributed by atoms with Gasteiger partial charge in [0.05, 0.1) is 33.6 Å². The third-order valence-electron chi connectivity index (χ3n) is 5.20. The number of thioether (sulfide) groups is 1. The van der Waals surface area contributed by atoms with Crippen LogP contribution in [0.25, 0.3) is 10.9 Å². The molecule has 1 aromatic carbocycles. The third-order valence-corrected chi connectivity index (χ3v) is 6.61. The number of benzene rings is 1. The van der Waals surface area contributed by atoms with Crippen LogP contribution in [0, 0.1) is 5.92 Å². The molecule has 27 heavy (non-hydrogen) atoms. The highest BCUT2D eigenvalue weighted by molar-refractivity contribution is 8.04. The summed E-state index contributed by atoms with van der Waals surface area (Å²) in [6.45, 7) is 8.05. The van der Waals surface area contributed by atoms with Crippen molar-refractivity contribution < 1.29 is 9.59 Å². The van der Waals surface area contributed by atoms with Crippen molar-refractivity contribution in [3.8, 4) is 0 Å². The Morgan fingerprint density at radius 2 is 2.07 bits per heavy atom. The molecule has 0 saturated carbocycles. The number of anilines is 1. The Morgan fingerprint density at radius 1 is 1.30 bits per heavy atom. The van der Waals surface area contributed by atoms with Crippen LogP contribution in [-0.4, -0.2) is 27.9 Å². The summed E-state index contributed by atoms with van der Waals surface area (Å²) in [5.74, 6) is -0.473. The van der Waals surface area contributed by atoms with Gasteiger partial charge in [-0.25, -0.2) is 0 Å². The number of nitrogens with one attached hydrogen (secondary N) is 3. The molecule has 2 aliphatic rings. The maximum Gasteiger partial charge on any atom is 0.262 e. The molecule has 142 valence electrons. The van der Waals surface area contributed by atoms with Gasteiger partial charge in [0.1, 0.15) is 0 Å². The van der Waals surface area contributed by atoms with Gasteiger partial charge in [0.15, 0.2) is 0 Å². The van der Waals surface area contributed by atoms with E-state index in [1.54, 1.807) is 0 Å². The molecule has 3 atom stereocenters. The summed E-state index contributed by atoms with van der Waals surface area (Å²) in [5.41, 5.74) is 2.71. The topological polar surface area (TPSA) is 75.2 Å². The smallest absolute Gasteiger partial charge is 0.262 e. The molecule has 6 nitrogen and oxygen atoms in total. The van der Waals surface area contributed by atoms with Crippen LogP contribution in [0.5, 0.6) is 0 Å². The van der Waals surface area contributed by atoms with Crippen LogP contribution in [0.3, 0.4) is 0 Å². The van der Waals surface area contributed by atoms with E-state index >= 15 is 0 Å². The lowest BCUT2D eigenvalue weighted by molar-refractivity contribution is -0.126. The maximum absolute atomic E-state index is 13.0. The zero-order valence-electron chi connectivity index (χ0n) is 15.9. The molecule has 3 unspecified atom stereocenters. The molecule has 0 radical (unpaired) electrons. The van der Waals surface area contributed by atoms with Gasteiger partial charge < -0.3 is 15.2 Å². The summed E-state index contributed by atoms with van der Waals surface area (Å²) < 4.78 is 2.18. The van der Waals surface area contributed by atoms with Crippen LogP contribution in [0.2, 0.25) is 0 Å². The molecule has 1 fully saturated rings. The van der Waals surface area contributed by atoms with Crippen LogP contribution in [0.4, 0.5) is 5.69 Å². The molecule has 1 saturated heterocycles. The first-order valence-electron chi connectivity index (χ1n) is 9.21. The predicted molar refractivity (Wildman–Crippen MR) is 109 cm³/mol. The molecule has 3 heterocycles. The lowest BCUT2D eigenvalue weighted by Crippen LogP contribution is -2.58. The average molecular weight is 385 g/mol. The number of rotatable bonds is 3. The fourth-order valence-corrected chi connectivity index (χ4v) is 5.33. The summed E-state index contributed by atoms with van der Waals surface area (Å²) in [4.78, 5) is 25.9. The predicted octanol–water partition coefficient (Wildman–Crippen LogP) is 3.19. The summed E-state index contributed by atoms with van der Waals surface area (Å²) in [5, 5.41) is 10.2. The number of hydrogen-bond donors (Lipinski definition) is 3. The van der Waals surface area contributed by atoms with Gasteiger partial charge >= 0.3 is 0 Å². The van der Waals surface area contributed by atoms with Crippen molar-refractivity contribution in [1.29, 1.82) is 0 Å². The van der Waals surface area contributed by atoms with Crippen LogP contribution in [0.1, 0.15) is 33.7 Å².